The Bertz CT molecular complexity index is 1050. The van der Waals surface area contributed by atoms with Crippen molar-refractivity contribution in [1.29, 1.82) is 0 Å². The number of carbonyl (C=O) groups excluding carboxylic acids is 1. The van der Waals surface area contributed by atoms with Crippen LogP contribution in [0.2, 0.25) is 0 Å². The summed E-state index contributed by atoms with van der Waals surface area (Å²) in [4.78, 5) is 33.6. The van der Waals surface area contributed by atoms with Crippen molar-refractivity contribution in [2.75, 3.05) is 18.5 Å². The molecule has 7 nitrogen and oxygen atoms in total. The van der Waals surface area contributed by atoms with Crippen molar-refractivity contribution in [2.24, 2.45) is 4.99 Å². The maximum Gasteiger partial charge on any atom is 0.323 e. The maximum atomic E-state index is 13.9. The van der Waals surface area contributed by atoms with Crippen molar-refractivity contribution < 1.29 is 9.18 Å². The molecule has 1 aromatic carbocycles. The van der Waals surface area contributed by atoms with Crippen LogP contribution in [0, 0.1) is 5.82 Å². The van der Waals surface area contributed by atoms with E-state index in [1.165, 1.54) is 28.2 Å². The van der Waals surface area contributed by atoms with Gasteiger partial charge in [-0.3, -0.25) is 20.0 Å². The minimum atomic E-state index is -0.395. The zero-order chi connectivity index (χ0) is 18.4. The average Bonchev–Trinajstić information content (AvgIpc) is 3.08. The number of nitrogens with zero attached hydrogens (tertiary/aromatic N) is 4. The van der Waals surface area contributed by atoms with E-state index in [4.69, 9.17) is 0 Å². The summed E-state index contributed by atoms with van der Waals surface area (Å²) in [5.74, 6) is -0.384. The van der Waals surface area contributed by atoms with Gasteiger partial charge in [0, 0.05) is 18.7 Å². The predicted octanol–water partition coefficient (Wildman–Crippen LogP) is 0.484. The number of thiazole rings is 1. The summed E-state index contributed by atoms with van der Waals surface area (Å²) in [5, 5.41) is 0. The number of aromatic nitrogens is 1. The Balaban J connectivity index is 1.83. The number of urea groups is 1. The minimum absolute atomic E-state index is 0.0948. The van der Waals surface area contributed by atoms with Crippen LogP contribution in [0.3, 0.4) is 0 Å². The summed E-state index contributed by atoms with van der Waals surface area (Å²) in [6, 6.07) is 6.20. The van der Waals surface area contributed by atoms with E-state index < -0.39 is 6.17 Å². The van der Waals surface area contributed by atoms with Crippen molar-refractivity contribution in [3.8, 4) is 0 Å². The zero-order valence-corrected chi connectivity index (χ0v) is 15.2. The first-order valence-electron chi connectivity index (χ1n) is 8.45. The molecule has 0 aliphatic carbocycles. The molecule has 0 spiro atoms. The second kappa shape index (κ2) is 6.24. The highest BCUT2D eigenvalue weighted by atomic mass is 32.1. The monoisotopic (exact) mass is 375 g/mol. The maximum absolute atomic E-state index is 13.9. The van der Waals surface area contributed by atoms with Crippen LogP contribution in [-0.4, -0.2) is 45.9 Å². The van der Waals surface area contributed by atoms with Crippen LogP contribution in [0.25, 0.3) is 6.08 Å². The third kappa shape index (κ3) is 2.42. The molecular formula is C17H18FN5O2S. The molecule has 9 heteroatoms. The lowest BCUT2D eigenvalue weighted by Crippen LogP contribution is -2.55. The molecule has 2 aliphatic heterocycles. The first-order chi connectivity index (χ1) is 12.5. The van der Waals surface area contributed by atoms with E-state index in [2.05, 4.69) is 10.4 Å². The number of likely N-dealkylation sites (N-methyl/N-ethyl adjacent to an activating group) is 2. The van der Waals surface area contributed by atoms with Crippen LogP contribution in [-0.2, 0) is 0 Å². The van der Waals surface area contributed by atoms with Crippen LogP contribution in [0.4, 0.5) is 9.18 Å². The Morgan fingerprint density at radius 3 is 2.65 bits per heavy atom. The third-order valence-corrected chi connectivity index (χ3v) is 5.60. The molecule has 2 unspecified atom stereocenters. The summed E-state index contributed by atoms with van der Waals surface area (Å²) in [7, 11) is 0. The molecule has 26 heavy (non-hydrogen) atoms. The van der Waals surface area contributed by atoms with Gasteiger partial charge >= 0.3 is 6.03 Å². The van der Waals surface area contributed by atoms with Crippen LogP contribution >= 0.6 is 11.3 Å². The van der Waals surface area contributed by atoms with Crippen molar-refractivity contribution in [3.63, 3.8) is 0 Å². The lowest BCUT2D eigenvalue weighted by Gasteiger charge is -2.28. The fourth-order valence-corrected chi connectivity index (χ4v) is 4.26. The lowest BCUT2D eigenvalue weighted by molar-refractivity contribution is 0.189. The summed E-state index contributed by atoms with van der Waals surface area (Å²) in [6.07, 6.45) is 0.751. The number of rotatable bonds is 3. The van der Waals surface area contributed by atoms with Gasteiger partial charge < -0.3 is 0 Å². The van der Waals surface area contributed by atoms with E-state index in [1.54, 1.807) is 28.0 Å². The summed E-state index contributed by atoms with van der Waals surface area (Å²) in [5.41, 5.74) is 3.17. The van der Waals surface area contributed by atoms with Crippen LogP contribution in [0.5, 0.6) is 0 Å². The predicted molar refractivity (Wildman–Crippen MR) is 96.4 cm³/mol. The van der Waals surface area contributed by atoms with Crippen LogP contribution in [0.15, 0.2) is 34.1 Å². The average molecular weight is 375 g/mol. The van der Waals surface area contributed by atoms with Crippen LogP contribution < -0.4 is 20.3 Å². The minimum Gasteiger partial charge on any atom is -0.299 e. The van der Waals surface area contributed by atoms with Gasteiger partial charge in [0.25, 0.3) is 5.56 Å². The number of benzene rings is 1. The number of hydrogen-bond donors (Lipinski definition) is 1. The quantitative estimate of drug-likeness (QED) is 0.849. The number of carbonyl (C=O) groups is 1. The lowest BCUT2D eigenvalue weighted by atomic mass is 10.2. The number of fused-ring (bicyclic) bond motifs is 2. The molecule has 3 heterocycles. The Kier molecular flexibility index (Phi) is 4.03. The van der Waals surface area contributed by atoms with Gasteiger partial charge in [-0.2, -0.15) is 4.68 Å². The fourth-order valence-electron chi connectivity index (χ4n) is 3.31. The van der Waals surface area contributed by atoms with Crippen molar-refractivity contribution >= 4 is 23.4 Å². The molecule has 1 fully saturated rings. The van der Waals surface area contributed by atoms with E-state index in [0.29, 0.717) is 28.0 Å². The second-order valence-corrected chi connectivity index (χ2v) is 7.04. The van der Waals surface area contributed by atoms with Gasteiger partial charge in [-0.15, -0.1) is 0 Å². The molecule has 0 bridgehead atoms. The molecule has 136 valence electrons. The van der Waals surface area contributed by atoms with E-state index >= 15 is 0 Å². The van der Waals surface area contributed by atoms with E-state index in [-0.39, 0.29) is 23.6 Å². The molecule has 2 atom stereocenters. The number of amides is 2. The molecule has 0 saturated carbocycles. The Labute approximate surface area is 152 Å². The highest BCUT2D eigenvalue weighted by Gasteiger charge is 2.46. The summed E-state index contributed by atoms with van der Waals surface area (Å²) < 4.78 is 15.6. The zero-order valence-electron chi connectivity index (χ0n) is 14.3. The standard InChI is InChI=1S/C17H18FN5O2S/c1-3-21-13-14(22(4-2)17(21)25)20-23-15(24)12(26-16(23)19-13)9-10-7-5-6-8-11(10)18/h5-9,13-14,20H,3-4H2,1-2H3/b12-9-. The van der Waals surface area contributed by atoms with Crippen molar-refractivity contribution in [1.82, 2.24) is 14.5 Å². The number of nitrogens with one attached hydrogen (secondary N) is 1. The number of halogens is 1. The molecule has 0 radical (unpaired) electrons. The Morgan fingerprint density at radius 2 is 1.96 bits per heavy atom. The largest absolute Gasteiger partial charge is 0.323 e. The first kappa shape index (κ1) is 16.8. The normalized spacial score (nSPS) is 22.1. The van der Waals surface area contributed by atoms with Gasteiger partial charge in [0.15, 0.2) is 12.3 Å². The molecule has 4 rings (SSSR count). The van der Waals surface area contributed by atoms with Gasteiger partial charge in [-0.05, 0) is 26.0 Å². The van der Waals surface area contributed by atoms with Gasteiger partial charge in [-0.25, -0.2) is 14.2 Å². The summed E-state index contributed by atoms with van der Waals surface area (Å²) in [6.45, 7) is 4.84. The highest BCUT2D eigenvalue weighted by molar-refractivity contribution is 7.07. The fraction of sp³-hybridized carbons (Fsp3) is 0.353. The molecule has 2 amide bonds. The van der Waals surface area contributed by atoms with E-state index in [9.17, 15) is 14.0 Å². The molecule has 1 aromatic heterocycles. The highest BCUT2D eigenvalue weighted by Crippen LogP contribution is 2.23. The Morgan fingerprint density at radius 1 is 1.23 bits per heavy atom. The van der Waals surface area contributed by atoms with Gasteiger partial charge in [-0.1, -0.05) is 29.5 Å². The third-order valence-electron chi connectivity index (χ3n) is 4.61. The first-order valence-corrected chi connectivity index (χ1v) is 9.26. The molecule has 1 N–H and O–H groups in total. The summed E-state index contributed by atoms with van der Waals surface area (Å²) >= 11 is 1.18. The van der Waals surface area contributed by atoms with E-state index in [1.807, 2.05) is 13.8 Å². The smallest absolute Gasteiger partial charge is 0.299 e. The van der Waals surface area contributed by atoms with Crippen molar-refractivity contribution in [2.45, 2.75) is 26.2 Å². The SMILES string of the molecule is CCN1C(=O)N(CC)C2Nn3c(s/c(=C\c4ccccc4F)c3=O)=NC21. The second-order valence-electron chi connectivity index (χ2n) is 6.03. The van der Waals surface area contributed by atoms with Gasteiger partial charge in [0.2, 0.25) is 4.80 Å². The Hall–Kier alpha value is -2.68. The van der Waals surface area contributed by atoms with Crippen molar-refractivity contribution in [3.05, 3.63) is 55.3 Å². The topological polar surface area (TPSA) is 69.9 Å². The molecule has 1 saturated heterocycles. The number of hydrogen-bond acceptors (Lipinski definition) is 5. The van der Waals surface area contributed by atoms with Gasteiger partial charge in [0.05, 0.1) is 4.53 Å². The van der Waals surface area contributed by atoms with Crippen LogP contribution in [0.1, 0.15) is 19.4 Å². The molecule has 2 aromatic rings. The molecular weight excluding hydrogens is 357 g/mol. The molecule has 2 aliphatic rings. The van der Waals surface area contributed by atoms with Gasteiger partial charge in [0.1, 0.15) is 5.82 Å². The van der Waals surface area contributed by atoms with E-state index in [0.717, 1.165) is 0 Å².